The molecule has 0 unspecified atom stereocenters. The van der Waals surface area contributed by atoms with Gasteiger partial charge in [-0.2, -0.15) is 0 Å². The molecule has 1 aromatic carbocycles. The number of rotatable bonds is 2. The molecule has 80 valence electrons. The summed E-state index contributed by atoms with van der Waals surface area (Å²) >= 11 is 14.6. The molecule has 2 N–H and O–H groups in total. The van der Waals surface area contributed by atoms with Crippen LogP contribution in [-0.2, 0) is 0 Å². The number of hydrogen-bond donors (Lipinski definition) is 2. The summed E-state index contributed by atoms with van der Waals surface area (Å²) in [4.78, 5) is 0. The van der Waals surface area contributed by atoms with Crippen LogP contribution in [0.1, 0.15) is 12.8 Å². The Morgan fingerprint density at radius 1 is 1.47 bits per heavy atom. The van der Waals surface area contributed by atoms with Crippen LogP contribution in [0.3, 0.4) is 0 Å². The van der Waals surface area contributed by atoms with Crippen molar-refractivity contribution in [1.82, 2.24) is 5.32 Å². The summed E-state index contributed by atoms with van der Waals surface area (Å²) < 4.78 is 0.958. The first-order chi connectivity index (χ1) is 7.15. The second-order valence-corrected chi connectivity index (χ2v) is 5.23. The highest BCUT2D eigenvalue weighted by Crippen LogP contribution is 2.26. The third-order valence-electron chi connectivity index (χ3n) is 2.09. The fourth-order valence-corrected chi connectivity index (χ4v) is 2.16. The molecule has 2 nitrogen and oxygen atoms in total. The van der Waals surface area contributed by atoms with Crippen molar-refractivity contribution in [2.75, 3.05) is 5.32 Å². The first kappa shape index (κ1) is 11.2. The van der Waals surface area contributed by atoms with Crippen LogP contribution in [-0.4, -0.2) is 11.2 Å². The Morgan fingerprint density at radius 3 is 2.80 bits per heavy atom. The molecule has 0 amide bonds. The Bertz CT molecular complexity index is 393. The number of benzene rings is 1. The van der Waals surface area contributed by atoms with E-state index < -0.39 is 0 Å². The van der Waals surface area contributed by atoms with Gasteiger partial charge in [-0.15, -0.1) is 0 Å². The number of anilines is 1. The van der Waals surface area contributed by atoms with Gasteiger partial charge in [0.1, 0.15) is 0 Å². The standard InChI is InChI=1S/C10H10BrClN2S/c11-6-1-4-9(8(12)5-6)14-10(15)13-7-2-3-7/h1,4-5,7H,2-3H2,(H2,13,14,15). The molecule has 0 aromatic heterocycles. The van der Waals surface area contributed by atoms with Crippen molar-refractivity contribution in [3.05, 3.63) is 27.7 Å². The zero-order valence-corrected chi connectivity index (χ0v) is 11.0. The Morgan fingerprint density at radius 2 is 2.20 bits per heavy atom. The van der Waals surface area contributed by atoms with Gasteiger partial charge in [0.2, 0.25) is 0 Å². The van der Waals surface area contributed by atoms with E-state index in [0.717, 1.165) is 10.2 Å². The molecule has 0 spiro atoms. The molecule has 1 aromatic rings. The number of nitrogens with one attached hydrogen (secondary N) is 2. The molecule has 5 heteroatoms. The minimum Gasteiger partial charge on any atom is -0.360 e. The highest BCUT2D eigenvalue weighted by Gasteiger charge is 2.21. The molecule has 0 radical (unpaired) electrons. The zero-order chi connectivity index (χ0) is 10.8. The van der Waals surface area contributed by atoms with Crippen molar-refractivity contribution in [3.8, 4) is 0 Å². The van der Waals surface area contributed by atoms with Crippen LogP contribution in [0, 0.1) is 0 Å². The Labute approximate surface area is 108 Å². The van der Waals surface area contributed by atoms with E-state index in [1.165, 1.54) is 12.8 Å². The summed E-state index contributed by atoms with van der Waals surface area (Å²) in [5.74, 6) is 0. The summed E-state index contributed by atoms with van der Waals surface area (Å²) in [6.07, 6.45) is 2.41. The smallest absolute Gasteiger partial charge is 0.171 e. The van der Waals surface area contributed by atoms with E-state index in [1.807, 2.05) is 18.2 Å². The predicted octanol–water partition coefficient (Wildman–Crippen LogP) is 3.55. The molecule has 0 bridgehead atoms. The van der Waals surface area contributed by atoms with Crippen molar-refractivity contribution in [2.45, 2.75) is 18.9 Å². The first-order valence-electron chi connectivity index (χ1n) is 4.68. The van der Waals surface area contributed by atoms with Crippen LogP contribution in [0.25, 0.3) is 0 Å². The van der Waals surface area contributed by atoms with E-state index in [9.17, 15) is 0 Å². The van der Waals surface area contributed by atoms with Crippen LogP contribution in [0.15, 0.2) is 22.7 Å². The molecular formula is C10H10BrClN2S. The van der Waals surface area contributed by atoms with Crippen molar-refractivity contribution >= 4 is 50.5 Å². The van der Waals surface area contributed by atoms with E-state index in [0.29, 0.717) is 16.2 Å². The maximum atomic E-state index is 6.05. The van der Waals surface area contributed by atoms with Crippen LogP contribution in [0.5, 0.6) is 0 Å². The van der Waals surface area contributed by atoms with Gasteiger partial charge in [-0.25, -0.2) is 0 Å². The largest absolute Gasteiger partial charge is 0.360 e. The maximum absolute atomic E-state index is 6.05. The Balaban J connectivity index is 1.99. The third kappa shape index (κ3) is 3.33. The van der Waals surface area contributed by atoms with Gasteiger partial charge in [0.25, 0.3) is 0 Å². The number of hydrogen-bond acceptors (Lipinski definition) is 1. The third-order valence-corrected chi connectivity index (χ3v) is 3.12. The molecule has 0 saturated heterocycles. The normalized spacial score (nSPS) is 14.8. The molecule has 2 rings (SSSR count). The fourth-order valence-electron chi connectivity index (χ4n) is 1.16. The van der Waals surface area contributed by atoms with Gasteiger partial charge in [-0.1, -0.05) is 27.5 Å². The van der Waals surface area contributed by atoms with Crippen LogP contribution < -0.4 is 10.6 Å². The topological polar surface area (TPSA) is 24.1 Å². The van der Waals surface area contributed by atoms with Crippen molar-refractivity contribution in [2.24, 2.45) is 0 Å². The summed E-state index contributed by atoms with van der Waals surface area (Å²) in [6.45, 7) is 0. The van der Waals surface area contributed by atoms with Crippen molar-refractivity contribution < 1.29 is 0 Å². The Hall–Kier alpha value is -0.320. The highest BCUT2D eigenvalue weighted by atomic mass is 79.9. The van der Waals surface area contributed by atoms with Crippen molar-refractivity contribution in [1.29, 1.82) is 0 Å². The average Bonchev–Trinajstić information content (AvgIpc) is 2.94. The van der Waals surface area contributed by atoms with Gasteiger partial charge < -0.3 is 10.6 Å². The second-order valence-electron chi connectivity index (χ2n) is 3.50. The fraction of sp³-hybridized carbons (Fsp3) is 0.300. The predicted molar refractivity (Wildman–Crippen MR) is 71.5 cm³/mol. The minimum absolute atomic E-state index is 0.555. The van der Waals surface area contributed by atoms with Crippen molar-refractivity contribution in [3.63, 3.8) is 0 Å². The molecule has 1 fully saturated rings. The Kier molecular flexibility index (Phi) is 3.49. The molecule has 0 heterocycles. The van der Waals surface area contributed by atoms with Crippen LogP contribution in [0.2, 0.25) is 5.02 Å². The lowest BCUT2D eigenvalue weighted by molar-refractivity contribution is 0.919. The molecule has 15 heavy (non-hydrogen) atoms. The number of halogens is 2. The van der Waals surface area contributed by atoms with E-state index in [2.05, 4.69) is 26.6 Å². The maximum Gasteiger partial charge on any atom is 0.171 e. The van der Waals surface area contributed by atoms with Gasteiger partial charge in [0.15, 0.2) is 5.11 Å². The lowest BCUT2D eigenvalue weighted by atomic mass is 10.3. The van der Waals surface area contributed by atoms with E-state index in [-0.39, 0.29) is 0 Å². The second kappa shape index (κ2) is 4.68. The minimum atomic E-state index is 0.555. The zero-order valence-electron chi connectivity index (χ0n) is 7.89. The van der Waals surface area contributed by atoms with E-state index in [4.69, 9.17) is 23.8 Å². The van der Waals surface area contributed by atoms with Gasteiger partial charge in [0.05, 0.1) is 10.7 Å². The lowest BCUT2D eigenvalue weighted by Gasteiger charge is -2.10. The average molecular weight is 306 g/mol. The van der Waals surface area contributed by atoms with Crippen LogP contribution in [0.4, 0.5) is 5.69 Å². The molecule has 1 saturated carbocycles. The molecule has 0 aliphatic heterocycles. The van der Waals surface area contributed by atoms with Crippen LogP contribution >= 0.6 is 39.7 Å². The van der Waals surface area contributed by atoms with Gasteiger partial charge in [-0.3, -0.25) is 0 Å². The quantitative estimate of drug-likeness (QED) is 0.817. The summed E-state index contributed by atoms with van der Waals surface area (Å²) in [5.41, 5.74) is 0.831. The van der Waals surface area contributed by atoms with Gasteiger partial charge >= 0.3 is 0 Å². The summed E-state index contributed by atoms with van der Waals surface area (Å²) in [7, 11) is 0. The molecule has 0 atom stereocenters. The lowest BCUT2D eigenvalue weighted by Crippen LogP contribution is -2.30. The van der Waals surface area contributed by atoms with Gasteiger partial charge in [-0.05, 0) is 43.3 Å². The summed E-state index contributed by atoms with van der Waals surface area (Å²) in [5, 5.41) is 7.57. The summed E-state index contributed by atoms with van der Waals surface area (Å²) in [6, 6.07) is 6.21. The molecular weight excluding hydrogens is 296 g/mol. The SMILES string of the molecule is S=C(Nc1ccc(Br)cc1Cl)NC1CC1. The van der Waals surface area contributed by atoms with Gasteiger partial charge in [0, 0.05) is 10.5 Å². The molecule has 1 aliphatic rings. The number of thiocarbonyl (C=S) groups is 1. The monoisotopic (exact) mass is 304 g/mol. The first-order valence-corrected chi connectivity index (χ1v) is 6.25. The highest BCUT2D eigenvalue weighted by molar-refractivity contribution is 9.10. The molecule has 1 aliphatic carbocycles. The van der Waals surface area contributed by atoms with E-state index >= 15 is 0 Å². The van der Waals surface area contributed by atoms with E-state index in [1.54, 1.807) is 0 Å².